The van der Waals surface area contributed by atoms with Crippen LogP contribution in [0.2, 0.25) is 5.02 Å². The summed E-state index contributed by atoms with van der Waals surface area (Å²) in [5.41, 5.74) is 2.68. The Kier molecular flexibility index (Phi) is 7.48. The Morgan fingerprint density at radius 2 is 1.88 bits per heavy atom. The molecule has 0 spiro atoms. The van der Waals surface area contributed by atoms with E-state index in [1.54, 1.807) is 12.1 Å². The number of nitrogens with zero attached hydrogens (tertiary/aromatic N) is 1. The van der Waals surface area contributed by atoms with Crippen molar-refractivity contribution < 1.29 is 28.6 Å². The molecule has 0 aliphatic carbocycles. The van der Waals surface area contributed by atoms with Gasteiger partial charge >= 0.3 is 5.97 Å². The van der Waals surface area contributed by atoms with Crippen molar-refractivity contribution in [1.82, 2.24) is 4.90 Å². The van der Waals surface area contributed by atoms with Gasteiger partial charge in [0.2, 0.25) is 0 Å². The first-order chi connectivity index (χ1) is 15.2. The highest BCUT2D eigenvalue weighted by atomic mass is 35.5. The van der Waals surface area contributed by atoms with Crippen LogP contribution in [-0.4, -0.2) is 42.3 Å². The topological polar surface area (TPSA) is 82.1 Å². The number of hydrogen-bond donors (Lipinski definition) is 0. The van der Waals surface area contributed by atoms with Crippen LogP contribution in [0.1, 0.15) is 23.6 Å². The highest BCUT2D eigenvalue weighted by Gasteiger charge is 2.41. The van der Waals surface area contributed by atoms with Crippen LogP contribution in [-0.2, 0) is 20.9 Å². The third kappa shape index (κ3) is 5.08. The zero-order valence-corrected chi connectivity index (χ0v) is 19.6. The van der Waals surface area contributed by atoms with Crippen molar-refractivity contribution in [1.29, 1.82) is 0 Å². The standard InChI is InChI=1S/C23H22ClNO6S/c1-13-5-7-15(8-6-13)12-31-20-17(24)9-16(10-18(20)29-3)11-19-21(26)25(23(28)32-19)14(2)22(27)30-4/h5-11,14H,12H2,1-4H3/b19-11+/t14-/m0/s1. The molecule has 1 aliphatic heterocycles. The van der Waals surface area contributed by atoms with Crippen molar-refractivity contribution in [2.45, 2.75) is 26.5 Å². The fourth-order valence-corrected chi connectivity index (χ4v) is 4.23. The second kappa shape index (κ2) is 10.1. The number of hydrogen-bond acceptors (Lipinski definition) is 7. The molecular weight excluding hydrogens is 454 g/mol. The van der Waals surface area contributed by atoms with Gasteiger partial charge in [-0.05, 0) is 54.9 Å². The third-order valence-corrected chi connectivity index (χ3v) is 5.97. The second-order valence-corrected chi connectivity index (χ2v) is 8.46. The van der Waals surface area contributed by atoms with Gasteiger partial charge in [-0.1, -0.05) is 41.4 Å². The van der Waals surface area contributed by atoms with Crippen LogP contribution in [0.15, 0.2) is 41.3 Å². The summed E-state index contributed by atoms with van der Waals surface area (Å²) in [6, 6.07) is 10.2. The van der Waals surface area contributed by atoms with Gasteiger partial charge in [0.25, 0.3) is 11.1 Å². The summed E-state index contributed by atoms with van der Waals surface area (Å²) in [4.78, 5) is 37.8. The summed E-state index contributed by atoms with van der Waals surface area (Å²) in [5.74, 6) is -0.488. The number of rotatable bonds is 7. The van der Waals surface area contributed by atoms with Crippen molar-refractivity contribution >= 4 is 46.6 Å². The molecule has 0 aromatic heterocycles. The lowest BCUT2D eigenvalue weighted by Crippen LogP contribution is -2.42. The van der Waals surface area contributed by atoms with E-state index in [1.165, 1.54) is 27.2 Å². The first kappa shape index (κ1) is 23.7. The Balaban J connectivity index is 1.83. The van der Waals surface area contributed by atoms with Crippen molar-refractivity contribution in [3.8, 4) is 11.5 Å². The average molecular weight is 476 g/mol. The maximum atomic E-state index is 12.7. The molecule has 1 fully saturated rings. The molecule has 1 aliphatic rings. The van der Waals surface area contributed by atoms with Crippen LogP contribution in [0.25, 0.3) is 6.08 Å². The summed E-state index contributed by atoms with van der Waals surface area (Å²) in [7, 11) is 2.69. The molecule has 168 valence electrons. The Labute approximate surface area is 195 Å². The van der Waals surface area contributed by atoms with E-state index in [9.17, 15) is 14.4 Å². The predicted molar refractivity (Wildman–Crippen MR) is 123 cm³/mol. The maximum Gasteiger partial charge on any atom is 0.328 e. The van der Waals surface area contributed by atoms with Gasteiger partial charge in [-0.15, -0.1) is 0 Å². The Morgan fingerprint density at radius 1 is 1.19 bits per heavy atom. The molecule has 0 radical (unpaired) electrons. The number of halogens is 1. The molecule has 0 saturated carbocycles. The molecule has 2 amide bonds. The molecule has 9 heteroatoms. The monoisotopic (exact) mass is 475 g/mol. The lowest BCUT2D eigenvalue weighted by atomic mass is 10.1. The van der Waals surface area contributed by atoms with E-state index in [2.05, 4.69) is 4.74 Å². The van der Waals surface area contributed by atoms with E-state index in [-0.39, 0.29) is 4.91 Å². The van der Waals surface area contributed by atoms with Gasteiger partial charge in [0.1, 0.15) is 12.6 Å². The lowest BCUT2D eigenvalue weighted by Gasteiger charge is -2.18. The smallest absolute Gasteiger partial charge is 0.328 e. The van der Waals surface area contributed by atoms with E-state index in [1.807, 2.05) is 31.2 Å². The Morgan fingerprint density at radius 3 is 2.50 bits per heavy atom. The molecule has 0 unspecified atom stereocenters. The lowest BCUT2D eigenvalue weighted by molar-refractivity contribution is -0.148. The number of thioether (sulfide) groups is 1. The van der Waals surface area contributed by atoms with Crippen molar-refractivity contribution in [2.75, 3.05) is 14.2 Å². The number of imide groups is 1. The summed E-state index contributed by atoms with van der Waals surface area (Å²) >= 11 is 7.17. The normalized spacial score (nSPS) is 15.8. The number of benzene rings is 2. The number of methoxy groups -OCH3 is 2. The zero-order valence-electron chi connectivity index (χ0n) is 18.0. The van der Waals surface area contributed by atoms with Crippen LogP contribution in [0.3, 0.4) is 0 Å². The first-order valence-corrected chi connectivity index (χ1v) is 10.9. The summed E-state index contributed by atoms with van der Waals surface area (Å²) in [6.45, 7) is 3.75. The van der Waals surface area contributed by atoms with E-state index >= 15 is 0 Å². The molecule has 1 saturated heterocycles. The van der Waals surface area contributed by atoms with Gasteiger partial charge < -0.3 is 14.2 Å². The molecular formula is C23H22ClNO6S. The minimum absolute atomic E-state index is 0.164. The number of carbonyl (C=O) groups excluding carboxylic acids is 3. The number of aryl methyl sites for hydroxylation is 1. The van der Waals surface area contributed by atoms with E-state index in [0.717, 1.165) is 27.8 Å². The fraction of sp³-hybridized carbons (Fsp3) is 0.261. The molecule has 2 aromatic rings. The first-order valence-electron chi connectivity index (χ1n) is 9.66. The molecule has 0 bridgehead atoms. The van der Waals surface area contributed by atoms with Crippen molar-refractivity contribution in [3.63, 3.8) is 0 Å². The van der Waals surface area contributed by atoms with Crippen molar-refractivity contribution in [2.24, 2.45) is 0 Å². The molecule has 32 heavy (non-hydrogen) atoms. The van der Waals surface area contributed by atoms with Crippen LogP contribution in [0.4, 0.5) is 4.79 Å². The van der Waals surface area contributed by atoms with Gasteiger partial charge in [0, 0.05) is 0 Å². The average Bonchev–Trinajstić information content (AvgIpc) is 3.05. The second-order valence-electron chi connectivity index (χ2n) is 7.06. The fourth-order valence-electron chi connectivity index (χ4n) is 3.04. The van der Waals surface area contributed by atoms with Crippen molar-refractivity contribution in [3.05, 3.63) is 63.0 Å². The molecule has 2 aromatic carbocycles. The Hall–Kier alpha value is -2.97. The van der Waals surface area contributed by atoms with E-state index < -0.39 is 23.2 Å². The van der Waals surface area contributed by atoms with Gasteiger partial charge in [-0.2, -0.15) is 0 Å². The number of carbonyl (C=O) groups is 3. The quantitative estimate of drug-likeness (QED) is 0.418. The zero-order chi connectivity index (χ0) is 23.4. The highest BCUT2D eigenvalue weighted by molar-refractivity contribution is 8.18. The van der Waals surface area contributed by atoms with E-state index in [4.69, 9.17) is 21.1 Å². The number of ether oxygens (including phenoxy) is 3. The third-order valence-electron chi connectivity index (χ3n) is 4.81. The Bertz CT molecular complexity index is 1080. The SMILES string of the molecule is COC(=O)[C@H](C)N1C(=O)S/C(=C/c2cc(Cl)c(OCc3ccc(C)cc3)c(OC)c2)C1=O. The van der Waals surface area contributed by atoms with Gasteiger partial charge in [0.05, 0.1) is 24.1 Å². The minimum atomic E-state index is -1.02. The van der Waals surface area contributed by atoms with Crippen LogP contribution in [0, 0.1) is 6.92 Å². The molecule has 7 nitrogen and oxygen atoms in total. The summed E-state index contributed by atoms with van der Waals surface area (Å²) in [5, 5.41) is -0.250. The van der Waals surface area contributed by atoms with Gasteiger partial charge in [0.15, 0.2) is 11.5 Å². The molecule has 3 rings (SSSR count). The summed E-state index contributed by atoms with van der Waals surface area (Å²) < 4.78 is 15.9. The van der Waals surface area contributed by atoms with Crippen LogP contribution >= 0.6 is 23.4 Å². The molecule has 0 N–H and O–H groups in total. The number of esters is 1. The van der Waals surface area contributed by atoms with Gasteiger partial charge in [-0.25, -0.2) is 4.79 Å². The van der Waals surface area contributed by atoms with Gasteiger partial charge in [-0.3, -0.25) is 14.5 Å². The summed E-state index contributed by atoms with van der Waals surface area (Å²) in [6.07, 6.45) is 1.52. The number of amides is 2. The highest BCUT2D eigenvalue weighted by Crippen LogP contribution is 2.39. The maximum absolute atomic E-state index is 12.7. The van der Waals surface area contributed by atoms with Crippen LogP contribution in [0.5, 0.6) is 11.5 Å². The van der Waals surface area contributed by atoms with E-state index in [0.29, 0.717) is 28.7 Å². The predicted octanol–water partition coefficient (Wildman–Crippen LogP) is 4.83. The molecule has 1 atom stereocenters. The van der Waals surface area contributed by atoms with Crippen LogP contribution < -0.4 is 9.47 Å². The largest absolute Gasteiger partial charge is 0.493 e. The molecule has 1 heterocycles. The minimum Gasteiger partial charge on any atom is -0.493 e.